The maximum Gasteiger partial charge on any atom is 0.229 e. The number of hydrogen-bond donors (Lipinski definition) is 3. The van der Waals surface area contributed by atoms with Crippen LogP contribution in [0.5, 0.6) is 0 Å². The second kappa shape index (κ2) is 7.72. The van der Waals surface area contributed by atoms with Crippen LogP contribution in [0.4, 0.5) is 11.4 Å². The first-order valence-corrected chi connectivity index (χ1v) is 9.91. The van der Waals surface area contributed by atoms with E-state index in [0.29, 0.717) is 35.8 Å². The summed E-state index contributed by atoms with van der Waals surface area (Å²) in [5.74, 6) is 0.350. The van der Waals surface area contributed by atoms with Gasteiger partial charge in [0.1, 0.15) is 0 Å². The molecule has 0 radical (unpaired) electrons. The van der Waals surface area contributed by atoms with Gasteiger partial charge in [0.15, 0.2) is 0 Å². The minimum absolute atomic E-state index is 0. The molecule has 2 unspecified atom stereocenters. The average molecular weight is 374 g/mol. The lowest BCUT2D eigenvalue weighted by molar-refractivity contribution is -0.117. The van der Waals surface area contributed by atoms with E-state index in [1.54, 1.807) is 24.3 Å². The van der Waals surface area contributed by atoms with E-state index in [2.05, 4.69) is 15.4 Å². The summed E-state index contributed by atoms with van der Waals surface area (Å²) in [5, 5.41) is 6.41. The molecule has 2 aliphatic heterocycles. The Bertz CT molecular complexity index is 684. The van der Waals surface area contributed by atoms with Crippen LogP contribution in [-0.2, 0) is 14.8 Å². The van der Waals surface area contributed by atoms with Gasteiger partial charge in [-0.2, -0.15) is 0 Å². The quantitative estimate of drug-likeness (QED) is 0.739. The summed E-state index contributed by atoms with van der Waals surface area (Å²) in [5.41, 5.74) is 0.897. The van der Waals surface area contributed by atoms with Crippen molar-refractivity contribution in [3.63, 3.8) is 0 Å². The largest absolute Gasteiger partial charge is 0.324 e. The van der Waals surface area contributed by atoms with Gasteiger partial charge in [-0.15, -0.1) is 12.4 Å². The summed E-state index contributed by atoms with van der Waals surface area (Å²) in [6.07, 6.45) is 6.10. The molecule has 1 aromatic rings. The summed E-state index contributed by atoms with van der Waals surface area (Å²) in [6, 6.07) is 7.97. The van der Waals surface area contributed by atoms with E-state index in [0.717, 1.165) is 19.1 Å². The highest BCUT2D eigenvalue weighted by molar-refractivity contribution is 7.92. The first-order chi connectivity index (χ1) is 10.9. The molecule has 24 heavy (non-hydrogen) atoms. The minimum atomic E-state index is -3.38. The van der Waals surface area contributed by atoms with Gasteiger partial charge in [0.05, 0.1) is 17.6 Å². The van der Waals surface area contributed by atoms with E-state index in [1.165, 1.54) is 12.8 Å². The molecule has 2 saturated heterocycles. The van der Waals surface area contributed by atoms with Crippen molar-refractivity contribution in [3.05, 3.63) is 24.3 Å². The maximum atomic E-state index is 12.3. The van der Waals surface area contributed by atoms with Crippen LogP contribution in [0.2, 0.25) is 0 Å². The number of carbonyl (C=O) groups is 1. The van der Waals surface area contributed by atoms with Crippen LogP contribution in [0.25, 0.3) is 0 Å². The molecule has 0 spiro atoms. The molecule has 1 aromatic carbocycles. The van der Waals surface area contributed by atoms with Crippen molar-refractivity contribution < 1.29 is 13.2 Å². The fourth-order valence-electron chi connectivity index (χ4n) is 3.69. The zero-order chi connectivity index (χ0) is 16.4. The number of fused-ring (bicyclic) bond motifs is 2. The number of nitrogens with one attached hydrogen (secondary N) is 3. The normalized spacial score (nSPS) is 25.6. The summed E-state index contributed by atoms with van der Waals surface area (Å²) in [6.45, 7) is 0. The van der Waals surface area contributed by atoms with Crippen molar-refractivity contribution in [3.8, 4) is 0 Å². The Morgan fingerprint density at radius 3 is 2.33 bits per heavy atom. The minimum Gasteiger partial charge on any atom is -0.324 e. The molecule has 2 atom stereocenters. The number of amides is 1. The smallest absolute Gasteiger partial charge is 0.229 e. The highest BCUT2D eigenvalue weighted by Crippen LogP contribution is 2.33. The summed E-state index contributed by atoms with van der Waals surface area (Å²) < 4.78 is 25.2. The molecule has 2 fully saturated rings. The highest BCUT2D eigenvalue weighted by atomic mass is 35.5. The second-order valence-corrected chi connectivity index (χ2v) is 8.40. The van der Waals surface area contributed by atoms with Gasteiger partial charge in [-0.25, -0.2) is 8.42 Å². The zero-order valence-corrected chi connectivity index (χ0v) is 15.3. The lowest BCUT2D eigenvalue weighted by atomic mass is 9.89. The monoisotopic (exact) mass is 373 g/mol. The first-order valence-electron chi connectivity index (χ1n) is 8.02. The predicted octanol–water partition coefficient (Wildman–Crippen LogP) is 2.34. The molecule has 0 saturated carbocycles. The molecule has 2 aliphatic rings. The third-order valence-electron chi connectivity index (χ3n) is 4.54. The molecule has 0 aromatic heterocycles. The van der Waals surface area contributed by atoms with Crippen molar-refractivity contribution in [2.45, 2.75) is 44.2 Å². The van der Waals surface area contributed by atoms with Crippen LogP contribution in [0.1, 0.15) is 32.1 Å². The van der Waals surface area contributed by atoms with Gasteiger partial charge in [-0.3, -0.25) is 9.52 Å². The molecule has 3 N–H and O–H groups in total. The van der Waals surface area contributed by atoms with E-state index in [-0.39, 0.29) is 18.3 Å². The van der Waals surface area contributed by atoms with Crippen LogP contribution in [0, 0.1) is 5.92 Å². The Morgan fingerprint density at radius 1 is 1.17 bits per heavy atom. The molecular formula is C16H24ClN3O3S. The number of benzene rings is 1. The van der Waals surface area contributed by atoms with Gasteiger partial charge in [-0.05, 0) is 43.7 Å². The maximum absolute atomic E-state index is 12.3. The molecule has 8 heteroatoms. The van der Waals surface area contributed by atoms with E-state index in [4.69, 9.17) is 0 Å². The van der Waals surface area contributed by atoms with E-state index >= 15 is 0 Å². The van der Waals surface area contributed by atoms with Gasteiger partial charge in [0.2, 0.25) is 15.9 Å². The third kappa shape index (κ3) is 5.09. The topological polar surface area (TPSA) is 87.3 Å². The van der Waals surface area contributed by atoms with Gasteiger partial charge in [0.25, 0.3) is 0 Å². The summed E-state index contributed by atoms with van der Waals surface area (Å²) >= 11 is 0. The number of carbonyl (C=O) groups excluding carboxylic acids is 1. The molecule has 6 nitrogen and oxygen atoms in total. The fraction of sp³-hybridized carbons (Fsp3) is 0.562. The first kappa shape index (κ1) is 19.0. The Balaban J connectivity index is 0.00000208. The van der Waals surface area contributed by atoms with Crippen LogP contribution < -0.4 is 15.4 Å². The summed E-state index contributed by atoms with van der Waals surface area (Å²) in [4.78, 5) is 12.3. The van der Waals surface area contributed by atoms with Crippen molar-refractivity contribution in [1.29, 1.82) is 0 Å². The van der Waals surface area contributed by atoms with Crippen LogP contribution in [0.3, 0.4) is 0 Å². The van der Waals surface area contributed by atoms with Crippen molar-refractivity contribution in [2.24, 2.45) is 5.92 Å². The van der Waals surface area contributed by atoms with Crippen molar-refractivity contribution in [1.82, 2.24) is 5.32 Å². The van der Waals surface area contributed by atoms with E-state index < -0.39 is 10.0 Å². The Morgan fingerprint density at radius 2 is 1.75 bits per heavy atom. The summed E-state index contributed by atoms with van der Waals surface area (Å²) in [7, 11) is -3.38. The second-order valence-electron chi connectivity index (χ2n) is 6.65. The van der Waals surface area contributed by atoms with Crippen molar-refractivity contribution in [2.75, 3.05) is 16.3 Å². The standard InChI is InChI=1S/C16H23N3O3S.ClH/c1-23(21,22)19-15-5-3-2-4-14(15)18-16(20)10-11-8-12-6-7-13(9-11)17-12;/h2-5,11-13,17,19H,6-10H2,1H3,(H,18,20);1H. The number of anilines is 2. The van der Waals surface area contributed by atoms with Gasteiger partial charge in [0, 0.05) is 18.5 Å². The van der Waals surface area contributed by atoms with Crippen LogP contribution in [0.15, 0.2) is 24.3 Å². The highest BCUT2D eigenvalue weighted by Gasteiger charge is 2.34. The zero-order valence-electron chi connectivity index (χ0n) is 13.6. The molecule has 1 amide bonds. The molecular weight excluding hydrogens is 350 g/mol. The van der Waals surface area contributed by atoms with Gasteiger partial charge < -0.3 is 10.6 Å². The molecule has 134 valence electrons. The number of rotatable bonds is 5. The van der Waals surface area contributed by atoms with Gasteiger partial charge in [-0.1, -0.05) is 12.1 Å². The van der Waals surface area contributed by atoms with E-state index in [9.17, 15) is 13.2 Å². The number of halogens is 1. The number of piperidine rings is 1. The van der Waals surface area contributed by atoms with Crippen LogP contribution >= 0.6 is 12.4 Å². The van der Waals surface area contributed by atoms with Crippen LogP contribution in [-0.4, -0.2) is 32.7 Å². The number of para-hydroxylation sites is 2. The molecule has 2 bridgehead atoms. The SMILES string of the molecule is CS(=O)(=O)Nc1ccccc1NC(=O)CC1CC2CCC(C1)N2.Cl. The van der Waals surface area contributed by atoms with Crippen molar-refractivity contribution >= 4 is 39.7 Å². The Labute approximate surface area is 149 Å². The Kier molecular flexibility index (Phi) is 6.11. The lowest BCUT2D eigenvalue weighted by Crippen LogP contribution is -2.39. The molecule has 3 rings (SSSR count). The number of sulfonamides is 1. The van der Waals surface area contributed by atoms with E-state index in [1.807, 2.05) is 0 Å². The average Bonchev–Trinajstić information content (AvgIpc) is 2.78. The van der Waals surface area contributed by atoms with Gasteiger partial charge >= 0.3 is 0 Å². The molecule has 0 aliphatic carbocycles. The third-order valence-corrected chi connectivity index (χ3v) is 5.13. The fourth-order valence-corrected chi connectivity index (χ4v) is 4.26. The number of hydrogen-bond acceptors (Lipinski definition) is 4. The predicted molar refractivity (Wildman–Crippen MR) is 98.1 cm³/mol. The Hall–Kier alpha value is -1.31. The lowest BCUT2D eigenvalue weighted by Gasteiger charge is -2.28. The molecule has 2 heterocycles.